The van der Waals surface area contributed by atoms with Gasteiger partial charge in [0.25, 0.3) is 0 Å². The van der Waals surface area contributed by atoms with Crippen molar-refractivity contribution in [1.82, 2.24) is 0 Å². The molecular weight excluding hydrogens is 176 g/mol. The van der Waals surface area contributed by atoms with E-state index in [1.54, 1.807) is 0 Å². The molecule has 0 aromatic heterocycles. The van der Waals surface area contributed by atoms with E-state index in [2.05, 4.69) is 41.5 Å². The summed E-state index contributed by atoms with van der Waals surface area (Å²) in [4.78, 5) is 0. The molecule has 0 spiro atoms. The summed E-state index contributed by atoms with van der Waals surface area (Å²) in [5, 5.41) is 0. The molecule has 0 amide bonds. The Labute approximate surface area is 88.0 Å². The van der Waals surface area contributed by atoms with Crippen molar-refractivity contribution in [2.45, 2.75) is 77.8 Å². The minimum absolute atomic E-state index is 0.0510. The summed E-state index contributed by atoms with van der Waals surface area (Å²) >= 11 is 0. The van der Waals surface area contributed by atoms with Gasteiger partial charge in [-0.05, 0) is 54.4 Å². The molecule has 0 bridgehead atoms. The van der Waals surface area contributed by atoms with Crippen LogP contribution in [0.2, 0.25) is 0 Å². The van der Waals surface area contributed by atoms with E-state index in [1.807, 2.05) is 0 Å². The molecule has 2 nitrogen and oxygen atoms in total. The van der Waals surface area contributed by atoms with Crippen LogP contribution in [0.1, 0.15) is 54.4 Å². The minimum Gasteiger partial charge on any atom is -0.370 e. The van der Waals surface area contributed by atoms with Gasteiger partial charge < -0.3 is 9.47 Å². The summed E-state index contributed by atoms with van der Waals surface area (Å²) in [5.41, 5.74) is -0.102. The highest BCUT2D eigenvalue weighted by atomic mass is 16.6. The number of hydrogen-bond donors (Lipinski definition) is 0. The van der Waals surface area contributed by atoms with Gasteiger partial charge in [-0.15, -0.1) is 0 Å². The standard InChI is InChI=1S/C12H24O2/c1-11(2,3)13-9-7-8-10(9)14-12(4,5)6/h9-10H,7-8H2,1-6H3. The van der Waals surface area contributed by atoms with Gasteiger partial charge >= 0.3 is 0 Å². The quantitative estimate of drug-likeness (QED) is 0.681. The Balaban J connectivity index is 2.36. The molecule has 2 atom stereocenters. The highest BCUT2D eigenvalue weighted by molar-refractivity contribution is 4.86. The molecule has 0 heterocycles. The van der Waals surface area contributed by atoms with Crippen LogP contribution in [0.25, 0.3) is 0 Å². The monoisotopic (exact) mass is 200 g/mol. The third-order valence-electron chi connectivity index (χ3n) is 2.16. The molecule has 14 heavy (non-hydrogen) atoms. The van der Waals surface area contributed by atoms with Crippen molar-refractivity contribution >= 4 is 0 Å². The lowest BCUT2D eigenvalue weighted by atomic mass is 9.90. The highest BCUT2D eigenvalue weighted by Gasteiger charge is 2.37. The fraction of sp³-hybridized carbons (Fsp3) is 1.00. The molecule has 1 aliphatic carbocycles. The molecule has 1 aliphatic rings. The minimum atomic E-state index is -0.0510. The number of rotatable bonds is 2. The van der Waals surface area contributed by atoms with Crippen LogP contribution < -0.4 is 0 Å². The van der Waals surface area contributed by atoms with E-state index in [0.717, 1.165) is 12.8 Å². The van der Waals surface area contributed by atoms with Crippen LogP contribution in [0, 0.1) is 0 Å². The lowest BCUT2D eigenvalue weighted by molar-refractivity contribution is -0.203. The second kappa shape index (κ2) is 3.82. The molecule has 0 radical (unpaired) electrons. The number of hydrogen-bond acceptors (Lipinski definition) is 2. The summed E-state index contributed by atoms with van der Waals surface area (Å²) in [7, 11) is 0. The van der Waals surface area contributed by atoms with Gasteiger partial charge in [0.05, 0.1) is 23.4 Å². The van der Waals surface area contributed by atoms with Crippen molar-refractivity contribution in [3.8, 4) is 0 Å². The van der Waals surface area contributed by atoms with Crippen molar-refractivity contribution in [1.29, 1.82) is 0 Å². The molecule has 84 valence electrons. The summed E-state index contributed by atoms with van der Waals surface area (Å²) in [6, 6.07) is 0. The molecule has 0 N–H and O–H groups in total. The Bertz CT molecular complexity index is 163. The van der Waals surface area contributed by atoms with Crippen LogP contribution in [0.5, 0.6) is 0 Å². The zero-order chi connectivity index (χ0) is 11.0. The summed E-state index contributed by atoms with van der Waals surface area (Å²) < 4.78 is 11.8. The van der Waals surface area contributed by atoms with E-state index in [-0.39, 0.29) is 11.2 Å². The summed E-state index contributed by atoms with van der Waals surface area (Å²) in [6.45, 7) is 12.6. The second-order valence-corrected chi connectivity index (χ2v) is 6.11. The third-order valence-corrected chi connectivity index (χ3v) is 2.16. The SMILES string of the molecule is CC(C)(C)OC1CCC1OC(C)(C)C. The van der Waals surface area contributed by atoms with Crippen LogP contribution in [0.4, 0.5) is 0 Å². The van der Waals surface area contributed by atoms with Gasteiger partial charge in [-0.25, -0.2) is 0 Å². The Hall–Kier alpha value is -0.0800. The largest absolute Gasteiger partial charge is 0.370 e. The lowest BCUT2D eigenvalue weighted by Gasteiger charge is -2.43. The van der Waals surface area contributed by atoms with E-state index in [4.69, 9.17) is 9.47 Å². The molecular formula is C12H24O2. The zero-order valence-corrected chi connectivity index (χ0v) is 10.4. The Kier molecular flexibility index (Phi) is 3.27. The molecule has 1 fully saturated rings. The van der Waals surface area contributed by atoms with Crippen LogP contribution in [-0.2, 0) is 9.47 Å². The average molecular weight is 200 g/mol. The fourth-order valence-corrected chi connectivity index (χ4v) is 1.62. The summed E-state index contributed by atoms with van der Waals surface area (Å²) in [5.74, 6) is 0. The van der Waals surface area contributed by atoms with Crippen molar-refractivity contribution < 1.29 is 9.47 Å². The normalized spacial score (nSPS) is 28.7. The molecule has 2 unspecified atom stereocenters. The molecule has 1 saturated carbocycles. The van der Waals surface area contributed by atoms with Gasteiger partial charge in [0.2, 0.25) is 0 Å². The van der Waals surface area contributed by atoms with Crippen molar-refractivity contribution in [3.63, 3.8) is 0 Å². The maximum atomic E-state index is 5.91. The predicted octanol–water partition coefficient (Wildman–Crippen LogP) is 3.15. The average Bonchev–Trinajstić information content (AvgIpc) is 1.91. The first kappa shape index (κ1) is 12.0. The summed E-state index contributed by atoms with van der Waals surface area (Å²) in [6.07, 6.45) is 2.87. The maximum Gasteiger partial charge on any atom is 0.0845 e. The first-order chi connectivity index (χ1) is 6.17. The van der Waals surface area contributed by atoms with E-state index >= 15 is 0 Å². The third kappa shape index (κ3) is 3.97. The molecule has 0 aliphatic heterocycles. The molecule has 0 aromatic rings. The molecule has 0 aromatic carbocycles. The topological polar surface area (TPSA) is 18.5 Å². The van der Waals surface area contributed by atoms with Crippen LogP contribution in [-0.4, -0.2) is 23.4 Å². The maximum absolute atomic E-state index is 5.91. The first-order valence-corrected chi connectivity index (χ1v) is 5.53. The van der Waals surface area contributed by atoms with Gasteiger partial charge in [-0.1, -0.05) is 0 Å². The van der Waals surface area contributed by atoms with Gasteiger partial charge in [-0.2, -0.15) is 0 Å². The fourth-order valence-electron chi connectivity index (χ4n) is 1.62. The van der Waals surface area contributed by atoms with Gasteiger partial charge in [0, 0.05) is 0 Å². The number of ether oxygens (including phenoxy) is 2. The molecule has 1 rings (SSSR count). The van der Waals surface area contributed by atoms with Crippen molar-refractivity contribution in [2.75, 3.05) is 0 Å². The predicted molar refractivity (Wildman–Crippen MR) is 58.5 cm³/mol. The first-order valence-electron chi connectivity index (χ1n) is 5.53. The van der Waals surface area contributed by atoms with E-state index in [9.17, 15) is 0 Å². The Morgan fingerprint density at radius 1 is 0.714 bits per heavy atom. The smallest absolute Gasteiger partial charge is 0.0845 e. The van der Waals surface area contributed by atoms with Gasteiger partial charge in [-0.3, -0.25) is 0 Å². The zero-order valence-electron chi connectivity index (χ0n) is 10.4. The highest BCUT2D eigenvalue weighted by Crippen LogP contribution is 2.32. The Morgan fingerprint density at radius 3 is 1.14 bits per heavy atom. The van der Waals surface area contributed by atoms with E-state index < -0.39 is 0 Å². The van der Waals surface area contributed by atoms with Crippen molar-refractivity contribution in [2.24, 2.45) is 0 Å². The molecule has 0 saturated heterocycles. The molecule has 2 heteroatoms. The van der Waals surface area contributed by atoms with Crippen molar-refractivity contribution in [3.05, 3.63) is 0 Å². The second-order valence-electron chi connectivity index (χ2n) is 6.11. The van der Waals surface area contributed by atoms with E-state index in [1.165, 1.54) is 0 Å². The van der Waals surface area contributed by atoms with Crippen LogP contribution >= 0.6 is 0 Å². The van der Waals surface area contributed by atoms with E-state index in [0.29, 0.717) is 12.2 Å². The van der Waals surface area contributed by atoms with Crippen LogP contribution in [0.3, 0.4) is 0 Å². The lowest BCUT2D eigenvalue weighted by Crippen LogP contribution is -2.48. The Morgan fingerprint density at radius 2 is 1.00 bits per heavy atom. The van der Waals surface area contributed by atoms with Gasteiger partial charge in [0.1, 0.15) is 0 Å². The van der Waals surface area contributed by atoms with Crippen LogP contribution in [0.15, 0.2) is 0 Å². The van der Waals surface area contributed by atoms with Gasteiger partial charge in [0.15, 0.2) is 0 Å².